The molecule has 1 N–H and O–H groups in total. The van der Waals surface area contributed by atoms with Gasteiger partial charge >= 0.3 is 0 Å². The van der Waals surface area contributed by atoms with Gasteiger partial charge in [-0.05, 0) is 43.6 Å². The standard InChI is InChI=1S/C13H19F2NO/c1-9(2)4-5-16(3)8-10-6-11(14)13(17)12(15)7-10/h6-7,9,17H,4-5,8H2,1-3H3. The van der Waals surface area contributed by atoms with Crippen molar-refractivity contribution in [2.45, 2.75) is 26.8 Å². The Kier molecular flexibility index (Phi) is 4.87. The van der Waals surface area contributed by atoms with Gasteiger partial charge in [0.25, 0.3) is 0 Å². The minimum atomic E-state index is -0.905. The van der Waals surface area contributed by atoms with E-state index < -0.39 is 17.4 Å². The lowest BCUT2D eigenvalue weighted by Gasteiger charge is -2.18. The van der Waals surface area contributed by atoms with Crippen molar-refractivity contribution in [2.75, 3.05) is 13.6 Å². The molecule has 0 amide bonds. The molecule has 0 aliphatic rings. The molecule has 1 aromatic carbocycles. The van der Waals surface area contributed by atoms with E-state index in [1.807, 2.05) is 11.9 Å². The van der Waals surface area contributed by atoms with Crippen LogP contribution in [-0.4, -0.2) is 23.6 Å². The average Bonchev–Trinajstić information content (AvgIpc) is 2.23. The highest BCUT2D eigenvalue weighted by Gasteiger charge is 2.10. The molecule has 0 bridgehead atoms. The van der Waals surface area contributed by atoms with Crippen molar-refractivity contribution in [3.8, 4) is 5.75 Å². The molecule has 0 fully saturated rings. The van der Waals surface area contributed by atoms with Crippen LogP contribution in [0.25, 0.3) is 0 Å². The smallest absolute Gasteiger partial charge is 0.187 e. The van der Waals surface area contributed by atoms with Gasteiger partial charge in [-0.2, -0.15) is 0 Å². The number of hydrogen-bond donors (Lipinski definition) is 1. The molecule has 0 heterocycles. The van der Waals surface area contributed by atoms with Crippen LogP contribution < -0.4 is 0 Å². The second kappa shape index (κ2) is 5.96. The lowest BCUT2D eigenvalue weighted by Crippen LogP contribution is -2.20. The highest BCUT2D eigenvalue weighted by Crippen LogP contribution is 2.22. The van der Waals surface area contributed by atoms with E-state index in [4.69, 9.17) is 5.11 Å². The number of aromatic hydroxyl groups is 1. The third kappa shape index (κ3) is 4.30. The Hall–Kier alpha value is -1.16. The van der Waals surface area contributed by atoms with Crippen LogP contribution in [0.1, 0.15) is 25.8 Å². The minimum absolute atomic E-state index is 0.473. The second-order valence-corrected chi connectivity index (χ2v) is 4.83. The lowest BCUT2D eigenvalue weighted by molar-refractivity contribution is 0.301. The van der Waals surface area contributed by atoms with Crippen LogP contribution in [-0.2, 0) is 6.54 Å². The van der Waals surface area contributed by atoms with Crippen LogP contribution in [0.15, 0.2) is 12.1 Å². The number of halogens is 2. The van der Waals surface area contributed by atoms with Crippen LogP contribution in [0.3, 0.4) is 0 Å². The Morgan fingerprint density at radius 3 is 2.24 bits per heavy atom. The molecule has 1 aromatic rings. The Balaban J connectivity index is 2.62. The summed E-state index contributed by atoms with van der Waals surface area (Å²) < 4.78 is 26.2. The van der Waals surface area contributed by atoms with Crippen molar-refractivity contribution < 1.29 is 13.9 Å². The quantitative estimate of drug-likeness (QED) is 0.858. The fraction of sp³-hybridized carbons (Fsp3) is 0.538. The van der Waals surface area contributed by atoms with Crippen molar-refractivity contribution in [3.05, 3.63) is 29.3 Å². The van der Waals surface area contributed by atoms with Crippen molar-refractivity contribution in [1.82, 2.24) is 4.90 Å². The second-order valence-electron chi connectivity index (χ2n) is 4.83. The van der Waals surface area contributed by atoms with Gasteiger partial charge in [0.05, 0.1) is 0 Å². The third-order valence-electron chi connectivity index (χ3n) is 2.62. The van der Waals surface area contributed by atoms with Gasteiger partial charge in [0.1, 0.15) is 0 Å². The van der Waals surface area contributed by atoms with Crippen LogP contribution in [0.2, 0.25) is 0 Å². The average molecular weight is 243 g/mol. The molecule has 0 radical (unpaired) electrons. The summed E-state index contributed by atoms with van der Waals surface area (Å²) in [7, 11) is 1.91. The fourth-order valence-corrected chi connectivity index (χ4v) is 1.58. The first-order valence-corrected chi connectivity index (χ1v) is 5.75. The Morgan fingerprint density at radius 2 is 1.76 bits per heavy atom. The summed E-state index contributed by atoms with van der Waals surface area (Å²) in [6.07, 6.45) is 1.04. The normalized spacial score (nSPS) is 11.5. The van der Waals surface area contributed by atoms with E-state index in [0.717, 1.165) is 13.0 Å². The molecular formula is C13H19F2NO. The summed E-state index contributed by atoms with van der Waals surface area (Å²) in [5, 5.41) is 8.98. The van der Waals surface area contributed by atoms with Crippen molar-refractivity contribution in [1.29, 1.82) is 0 Å². The first-order chi connectivity index (χ1) is 7.90. The van der Waals surface area contributed by atoms with Crippen LogP contribution in [0.5, 0.6) is 5.75 Å². The van der Waals surface area contributed by atoms with Gasteiger partial charge in [0.2, 0.25) is 0 Å². The zero-order chi connectivity index (χ0) is 13.0. The molecule has 2 nitrogen and oxygen atoms in total. The number of phenolic OH excluding ortho intramolecular Hbond substituents is 1. The molecule has 0 saturated carbocycles. The highest BCUT2D eigenvalue weighted by molar-refractivity contribution is 5.29. The van der Waals surface area contributed by atoms with E-state index in [1.54, 1.807) is 0 Å². The predicted octanol–water partition coefficient (Wildman–Crippen LogP) is 3.15. The van der Waals surface area contributed by atoms with E-state index in [1.165, 1.54) is 12.1 Å². The Bertz CT molecular complexity index is 357. The molecule has 96 valence electrons. The number of rotatable bonds is 5. The SMILES string of the molecule is CC(C)CCN(C)Cc1cc(F)c(O)c(F)c1. The monoisotopic (exact) mass is 243 g/mol. The van der Waals surface area contributed by atoms with Crippen LogP contribution in [0, 0.1) is 17.6 Å². The van der Waals surface area contributed by atoms with Gasteiger partial charge < -0.3 is 10.0 Å². The molecular weight excluding hydrogens is 224 g/mol. The highest BCUT2D eigenvalue weighted by atomic mass is 19.1. The zero-order valence-corrected chi connectivity index (χ0v) is 10.5. The number of benzene rings is 1. The summed E-state index contributed by atoms with van der Waals surface area (Å²) in [5.41, 5.74) is 0.532. The molecule has 0 spiro atoms. The molecule has 0 aromatic heterocycles. The summed E-state index contributed by atoms with van der Waals surface area (Å²) >= 11 is 0. The minimum Gasteiger partial charge on any atom is -0.503 e. The number of nitrogens with zero attached hydrogens (tertiary/aromatic N) is 1. The molecule has 0 atom stereocenters. The van der Waals surface area contributed by atoms with Gasteiger partial charge in [0.15, 0.2) is 17.4 Å². The Labute approximate surface area is 101 Å². The molecule has 0 saturated heterocycles. The summed E-state index contributed by atoms with van der Waals surface area (Å²) in [6, 6.07) is 2.34. The van der Waals surface area contributed by atoms with Gasteiger partial charge in [-0.1, -0.05) is 13.8 Å². The van der Waals surface area contributed by atoms with Gasteiger partial charge in [-0.25, -0.2) is 8.78 Å². The van der Waals surface area contributed by atoms with Gasteiger partial charge in [-0.15, -0.1) is 0 Å². The van der Waals surface area contributed by atoms with Crippen molar-refractivity contribution in [3.63, 3.8) is 0 Å². The molecule has 0 aliphatic heterocycles. The maximum Gasteiger partial charge on any atom is 0.187 e. The molecule has 1 rings (SSSR count). The molecule has 0 aliphatic carbocycles. The Morgan fingerprint density at radius 1 is 1.24 bits per heavy atom. The zero-order valence-electron chi connectivity index (χ0n) is 10.5. The number of phenols is 1. The summed E-state index contributed by atoms with van der Waals surface area (Å²) in [4.78, 5) is 2.01. The first-order valence-electron chi connectivity index (χ1n) is 5.75. The fourth-order valence-electron chi connectivity index (χ4n) is 1.58. The topological polar surface area (TPSA) is 23.5 Å². The van der Waals surface area contributed by atoms with E-state index in [9.17, 15) is 8.78 Å². The maximum atomic E-state index is 13.1. The van der Waals surface area contributed by atoms with E-state index in [-0.39, 0.29) is 0 Å². The molecule has 17 heavy (non-hydrogen) atoms. The van der Waals surface area contributed by atoms with Crippen LogP contribution >= 0.6 is 0 Å². The lowest BCUT2D eigenvalue weighted by atomic mass is 10.1. The third-order valence-corrected chi connectivity index (χ3v) is 2.62. The van der Waals surface area contributed by atoms with Crippen molar-refractivity contribution in [2.24, 2.45) is 5.92 Å². The molecule has 4 heteroatoms. The first kappa shape index (κ1) is 13.9. The van der Waals surface area contributed by atoms with E-state index in [2.05, 4.69) is 13.8 Å². The predicted molar refractivity (Wildman–Crippen MR) is 63.8 cm³/mol. The summed E-state index contributed by atoms with van der Waals surface area (Å²) in [6.45, 7) is 5.62. The summed E-state index contributed by atoms with van der Waals surface area (Å²) in [5.74, 6) is -2.11. The van der Waals surface area contributed by atoms with E-state index in [0.29, 0.717) is 18.0 Å². The largest absolute Gasteiger partial charge is 0.503 e. The van der Waals surface area contributed by atoms with Gasteiger partial charge in [-0.3, -0.25) is 0 Å². The number of hydrogen-bond acceptors (Lipinski definition) is 2. The van der Waals surface area contributed by atoms with E-state index >= 15 is 0 Å². The van der Waals surface area contributed by atoms with Crippen molar-refractivity contribution >= 4 is 0 Å². The van der Waals surface area contributed by atoms with Gasteiger partial charge in [0, 0.05) is 6.54 Å². The molecule has 0 unspecified atom stereocenters. The van der Waals surface area contributed by atoms with Crippen LogP contribution in [0.4, 0.5) is 8.78 Å². The maximum absolute atomic E-state index is 13.1.